The summed E-state index contributed by atoms with van der Waals surface area (Å²) in [7, 11) is 0. The number of aliphatic hydroxyl groups is 2. The van der Waals surface area contributed by atoms with Gasteiger partial charge in [-0.05, 0) is 18.6 Å². The molecule has 1 aromatic rings. The molecule has 0 amide bonds. The van der Waals surface area contributed by atoms with Crippen LogP contribution in [0.25, 0.3) is 0 Å². The second-order valence-electron chi connectivity index (χ2n) is 2.88. The van der Waals surface area contributed by atoms with E-state index in [0.29, 0.717) is 5.56 Å². The highest BCUT2D eigenvalue weighted by molar-refractivity contribution is 5.26. The van der Waals surface area contributed by atoms with Crippen LogP contribution in [-0.4, -0.2) is 21.3 Å². The summed E-state index contributed by atoms with van der Waals surface area (Å²) in [6.07, 6.45) is -1.77. The van der Waals surface area contributed by atoms with Crippen LogP contribution in [0.1, 0.15) is 17.2 Å². The van der Waals surface area contributed by atoms with E-state index in [9.17, 15) is 9.50 Å². The number of nitrogens with zero attached hydrogens (tertiary/aromatic N) is 2. The van der Waals surface area contributed by atoms with Crippen molar-refractivity contribution in [3.63, 3.8) is 0 Å². The lowest BCUT2D eigenvalue weighted by atomic mass is 10.0. The first-order valence-electron chi connectivity index (χ1n) is 3.94. The van der Waals surface area contributed by atoms with Gasteiger partial charge in [-0.3, -0.25) is 0 Å². The van der Waals surface area contributed by atoms with Crippen molar-refractivity contribution < 1.29 is 14.6 Å². The van der Waals surface area contributed by atoms with Gasteiger partial charge in [-0.1, -0.05) is 0 Å². The fourth-order valence-electron chi connectivity index (χ4n) is 1.08. The summed E-state index contributed by atoms with van der Waals surface area (Å²) < 4.78 is 12.6. The van der Waals surface area contributed by atoms with Crippen molar-refractivity contribution in [3.05, 3.63) is 29.3 Å². The molecular weight excluding hydrogens is 187 g/mol. The maximum absolute atomic E-state index is 12.6. The molecule has 2 atom stereocenters. The van der Waals surface area contributed by atoms with Gasteiger partial charge in [0.15, 0.2) is 6.10 Å². The second-order valence-corrected chi connectivity index (χ2v) is 2.88. The van der Waals surface area contributed by atoms with Crippen LogP contribution in [0.3, 0.4) is 0 Å². The Morgan fingerprint density at radius 1 is 1.57 bits per heavy atom. The molecule has 1 rings (SSSR count). The predicted octanol–water partition coefficient (Wildman–Crippen LogP) is 0.447. The molecule has 0 aromatic carbocycles. The number of pyridine rings is 1. The molecule has 0 aliphatic carbocycles. The van der Waals surface area contributed by atoms with E-state index in [1.807, 2.05) is 0 Å². The normalized spacial score (nSPS) is 14.5. The smallest absolute Gasteiger partial charge is 0.213 e. The number of aromatic nitrogens is 1. The van der Waals surface area contributed by atoms with Gasteiger partial charge in [0.05, 0.1) is 6.07 Å². The van der Waals surface area contributed by atoms with Gasteiger partial charge in [0.1, 0.15) is 6.10 Å². The number of hydrogen-bond acceptors (Lipinski definition) is 4. The molecule has 0 aliphatic rings. The van der Waals surface area contributed by atoms with Crippen LogP contribution >= 0.6 is 0 Å². The maximum atomic E-state index is 12.6. The van der Waals surface area contributed by atoms with Crippen LogP contribution in [0, 0.1) is 24.2 Å². The highest BCUT2D eigenvalue weighted by Gasteiger charge is 2.19. The van der Waals surface area contributed by atoms with E-state index in [-0.39, 0.29) is 5.56 Å². The minimum Gasteiger partial charge on any atom is -0.384 e. The minimum absolute atomic E-state index is 0.250. The lowest BCUT2D eigenvalue weighted by Gasteiger charge is -2.13. The van der Waals surface area contributed by atoms with E-state index in [4.69, 9.17) is 10.4 Å². The van der Waals surface area contributed by atoms with Crippen LogP contribution in [0.15, 0.2) is 12.3 Å². The Hall–Kier alpha value is -1.51. The molecule has 74 valence electrons. The lowest BCUT2D eigenvalue weighted by Crippen LogP contribution is -2.17. The number of aryl methyl sites for hydroxylation is 1. The average molecular weight is 196 g/mol. The molecule has 5 heteroatoms. The predicted molar refractivity (Wildman–Crippen MR) is 45.5 cm³/mol. The quantitative estimate of drug-likeness (QED) is 0.531. The van der Waals surface area contributed by atoms with Gasteiger partial charge in [-0.2, -0.15) is 9.65 Å². The molecule has 0 saturated heterocycles. The minimum atomic E-state index is -1.53. The molecule has 0 bridgehead atoms. The number of halogens is 1. The molecule has 2 N–H and O–H groups in total. The molecule has 1 aromatic heterocycles. The van der Waals surface area contributed by atoms with Gasteiger partial charge in [0.25, 0.3) is 0 Å². The van der Waals surface area contributed by atoms with Gasteiger partial charge in [0.2, 0.25) is 5.95 Å². The number of aliphatic hydroxyl groups excluding tert-OH is 2. The molecule has 4 nitrogen and oxygen atoms in total. The SMILES string of the molecule is Cc1cc(F)ncc1C(O)C(O)C#N. The van der Waals surface area contributed by atoms with Crippen molar-refractivity contribution in [2.24, 2.45) is 0 Å². The monoisotopic (exact) mass is 196 g/mol. The summed E-state index contributed by atoms with van der Waals surface area (Å²) in [6.45, 7) is 1.56. The maximum Gasteiger partial charge on any atom is 0.213 e. The topological polar surface area (TPSA) is 77.1 Å². The standard InChI is InChI=1S/C9H9FN2O2/c1-5-2-8(10)12-4-6(5)9(14)7(13)3-11/h2,4,7,9,13-14H,1H3. The molecular formula is C9H9FN2O2. The van der Waals surface area contributed by atoms with Crippen molar-refractivity contribution in [2.75, 3.05) is 0 Å². The largest absolute Gasteiger partial charge is 0.384 e. The Balaban J connectivity index is 3.03. The number of hydrogen-bond donors (Lipinski definition) is 2. The Labute approximate surface area is 80.3 Å². The fraction of sp³-hybridized carbons (Fsp3) is 0.333. The first-order chi connectivity index (χ1) is 6.56. The molecule has 0 fully saturated rings. The van der Waals surface area contributed by atoms with Gasteiger partial charge in [0, 0.05) is 11.8 Å². The molecule has 14 heavy (non-hydrogen) atoms. The van der Waals surface area contributed by atoms with Gasteiger partial charge in [-0.15, -0.1) is 0 Å². The first kappa shape index (κ1) is 10.6. The van der Waals surface area contributed by atoms with Gasteiger partial charge in [-0.25, -0.2) is 4.98 Å². The number of rotatable bonds is 2. The van der Waals surface area contributed by atoms with Crippen LogP contribution < -0.4 is 0 Å². The van der Waals surface area contributed by atoms with Crippen molar-refractivity contribution in [2.45, 2.75) is 19.1 Å². The summed E-state index contributed by atoms with van der Waals surface area (Å²) >= 11 is 0. The lowest BCUT2D eigenvalue weighted by molar-refractivity contribution is 0.0520. The van der Waals surface area contributed by atoms with E-state index in [0.717, 1.165) is 12.3 Å². The summed E-state index contributed by atoms with van der Waals surface area (Å²) in [5, 5.41) is 26.8. The molecule has 0 radical (unpaired) electrons. The summed E-state index contributed by atoms with van der Waals surface area (Å²) in [4.78, 5) is 3.33. The third kappa shape index (κ3) is 2.05. The molecule has 1 heterocycles. The Kier molecular flexibility index (Phi) is 3.12. The zero-order valence-electron chi connectivity index (χ0n) is 7.48. The first-order valence-corrected chi connectivity index (χ1v) is 3.94. The van der Waals surface area contributed by atoms with Crippen molar-refractivity contribution >= 4 is 0 Å². The zero-order chi connectivity index (χ0) is 10.7. The Morgan fingerprint density at radius 3 is 2.71 bits per heavy atom. The Morgan fingerprint density at radius 2 is 2.21 bits per heavy atom. The Bertz CT molecular complexity index is 376. The van der Waals surface area contributed by atoms with E-state index < -0.39 is 18.2 Å². The van der Waals surface area contributed by atoms with Crippen LogP contribution in [0.5, 0.6) is 0 Å². The summed E-state index contributed by atoms with van der Waals surface area (Å²) in [5.74, 6) is -0.662. The van der Waals surface area contributed by atoms with E-state index in [2.05, 4.69) is 4.98 Å². The second kappa shape index (κ2) is 4.13. The molecule has 0 saturated carbocycles. The van der Waals surface area contributed by atoms with Crippen molar-refractivity contribution in [1.29, 1.82) is 5.26 Å². The van der Waals surface area contributed by atoms with Crippen molar-refractivity contribution in [3.8, 4) is 6.07 Å². The van der Waals surface area contributed by atoms with Gasteiger partial charge >= 0.3 is 0 Å². The zero-order valence-corrected chi connectivity index (χ0v) is 7.48. The molecule has 0 aliphatic heterocycles. The van der Waals surface area contributed by atoms with Crippen LogP contribution in [0.4, 0.5) is 4.39 Å². The summed E-state index contributed by atoms with van der Waals surface area (Å²) in [5.41, 5.74) is 0.694. The third-order valence-electron chi connectivity index (χ3n) is 1.87. The molecule has 0 spiro atoms. The van der Waals surface area contributed by atoms with Crippen LogP contribution in [0.2, 0.25) is 0 Å². The highest BCUT2D eigenvalue weighted by atomic mass is 19.1. The van der Waals surface area contributed by atoms with Gasteiger partial charge < -0.3 is 10.2 Å². The summed E-state index contributed by atoms with van der Waals surface area (Å²) in [6, 6.07) is 2.62. The van der Waals surface area contributed by atoms with Crippen molar-refractivity contribution in [1.82, 2.24) is 4.98 Å². The van der Waals surface area contributed by atoms with Crippen LogP contribution in [-0.2, 0) is 0 Å². The fourth-order valence-corrected chi connectivity index (χ4v) is 1.08. The third-order valence-corrected chi connectivity index (χ3v) is 1.87. The highest BCUT2D eigenvalue weighted by Crippen LogP contribution is 2.19. The van der Waals surface area contributed by atoms with E-state index in [1.165, 1.54) is 6.07 Å². The average Bonchev–Trinajstić information content (AvgIpc) is 2.15. The van der Waals surface area contributed by atoms with E-state index in [1.54, 1.807) is 6.92 Å². The van der Waals surface area contributed by atoms with E-state index >= 15 is 0 Å². The number of nitriles is 1. The molecule has 2 unspecified atom stereocenters.